The molecular weight excluding hydrogens is 280 g/mol. The van der Waals surface area contributed by atoms with E-state index in [0.717, 1.165) is 22.6 Å². The summed E-state index contributed by atoms with van der Waals surface area (Å²) in [4.78, 5) is 12.2. The van der Waals surface area contributed by atoms with Gasteiger partial charge in [-0.05, 0) is 25.3 Å². The fraction of sp³-hybridized carbons (Fsp3) is 0.412. The molecule has 0 radical (unpaired) electrons. The number of nitrogens with zero attached hydrogens (tertiary/aromatic N) is 1. The first kappa shape index (κ1) is 16.2. The molecule has 5 nitrogen and oxygen atoms in total. The average molecular weight is 302 g/mol. The van der Waals surface area contributed by atoms with Crippen LogP contribution in [0.25, 0.3) is 0 Å². The Morgan fingerprint density at radius 1 is 1.32 bits per heavy atom. The molecule has 22 heavy (non-hydrogen) atoms. The molecule has 5 heteroatoms. The first-order valence-corrected chi connectivity index (χ1v) is 7.40. The predicted octanol–water partition coefficient (Wildman–Crippen LogP) is 2.63. The van der Waals surface area contributed by atoms with Crippen molar-refractivity contribution in [3.63, 3.8) is 0 Å². The minimum atomic E-state index is -0.384. The van der Waals surface area contributed by atoms with Gasteiger partial charge in [-0.15, -0.1) is 0 Å². The van der Waals surface area contributed by atoms with Crippen LogP contribution in [0.4, 0.5) is 0 Å². The normalized spacial score (nSPS) is 13.6. The van der Waals surface area contributed by atoms with Crippen molar-refractivity contribution in [2.75, 3.05) is 6.61 Å². The summed E-state index contributed by atoms with van der Waals surface area (Å²) in [6, 6.07) is 9.07. The molecule has 1 amide bonds. The van der Waals surface area contributed by atoms with Gasteiger partial charge in [-0.1, -0.05) is 42.4 Å². The lowest BCUT2D eigenvalue weighted by molar-refractivity contribution is -0.122. The van der Waals surface area contributed by atoms with Crippen molar-refractivity contribution in [1.82, 2.24) is 10.5 Å². The van der Waals surface area contributed by atoms with Gasteiger partial charge in [-0.2, -0.15) is 0 Å². The second-order valence-corrected chi connectivity index (χ2v) is 5.56. The lowest BCUT2D eigenvalue weighted by atomic mass is 9.95. The molecule has 1 aromatic heterocycles. The summed E-state index contributed by atoms with van der Waals surface area (Å²) in [6.07, 6.45) is 0.326. The number of aliphatic hydroxyl groups excluding tert-OH is 1. The van der Waals surface area contributed by atoms with Gasteiger partial charge in [0.2, 0.25) is 5.91 Å². The molecule has 0 fully saturated rings. The van der Waals surface area contributed by atoms with Crippen LogP contribution in [0.1, 0.15) is 47.9 Å². The smallest absolute Gasteiger partial charge is 0.221 e. The highest BCUT2D eigenvalue weighted by Crippen LogP contribution is 2.26. The molecule has 0 saturated heterocycles. The van der Waals surface area contributed by atoms with Crippen molar-refractivity contribution in [2.45, 2.75) is 39.2 Å². The Balaban J connectivity index is 2.00. The molecule has 1 aromatic carbocycles. The Morgan fingerprint density at radius 2 is 2.00 bits per heavy atom. The molecule has 2 aromatic rings. The van der Waals surface area contributed by atoms with E-state index >= 15 is 0 Å². The molecule has 2 atom stereocenters. The zero-order valence-electron chi connectivity index (χ0n) is 13.2. The van der Waals surface area contributed by atoms with E-state index in [1.165, 1.54) is 0 Å². The monoisotopic (exact) mass is 302 g/mol. The van der Waals surface area contributed by atoms with Crippen molar-refractivity contribution >= 4 is 5.91 Å². The van der Waals surface area contributed by atoms with E-state index in [4.69, 9.17) is 4.52 Å². The number of aromatic nitrogens is 1. The van der Waals surface area contributed by atoms with Crippen molar-refractivity contribution in [3.8, 4) is 0 Å². The van der Waals surface area contributed by atoms with Crippen LogP contribution in [-0.4, -0.2) is 22.8 Å². The molecule has 1 heterocycles. The highest BCUT2D eigenvalue weighted by atomic mass is 16.5. The van der Waals surface area contributed by atoms with Gasteiger partial charge in [0.05, 0.1) is 18.3 Å². The van der Waals surface area contributed by atoms with E-state index in [2.05, 4.69) is 10.5 Å². The number of aliphatic hydroxyl groups is 1. The minimum Gasteiger partial charge on any atom is -0.394 e. The minimum absolute atomic E-state index is 0.0152. The molecule has 0 aliphatic rings. The standard InChI is InChI=1S/C17H22N2O3/c1-11(17-12(2)19-22-13(17)3)9-16(21)18-15(10-20)14-7-5-4-6-8-14/h4-8,11,15,20H,9-10H2,1-3H3,(H,18,21). The number of carbonyl (C=O) groups excluding carboxylic acids is 1. The number of nitrogens with one attached hydrogen (secondary N) is 1. The van der Waals surface area contributed by atoms with Gasteiger partial charge in [0, 0.05) is 12.0 Å². The van der Waals surface area contributed by atoms with Crippen LogP contribution in [0.15, 0.2) is 34.9 Å². The third-order valence-electron chi connectivity index (χ3n) is 3.79. The quantitative estimate of drug-likeness (QED) is 0.860. The number of hydrogen-bond donors (Lipinski definition) is 2. The Bertz CT molecular complexity index is 603. The number of amides is 1. The molecule has 2 N–H and O–H groups in total. The van der Waals surface area contributed by atoms with Gasteiger partial charge in [-0.3, -0.25) is 4.79 Å². The van der Waals surface area contributed by atoms with Crippen LogP contribution in [0.5, 0.6) is 0 Å². The van der Waals surface area contributed by atoms with Crippen molar-refractivity contribution in [2.24, 2.45) is 0 Å². The van der Waals surface area contributed by atoms with Crippen LogP contribution < -0.4 is 5.32 Å². The first-order valence-electron chi connectivity index (χ1n) is 7.40. The molecule has 0 aliphatic heterocycles. The van der Waals surface area contributed by atoms with Crippen LogP contribution >= 0.6 is 0 Å². The SMILES string of the molecule is Cc1noc(C)c1C(C)CC(=O)NC(CO)c1ccccc1. The van der Waals surface area contributed by atoms with Crippen LogP contribution in [0.2, 0.25) is 0 Å². The summed E-state index contributed by atoms with van der Waals surface area (Å²) >= 11 is 0. The van der Waals surface area contributed by atoms with Gasteiger partial charge in [0.25, 0.3) is 0 Å². The number of benzene rings is 1. The first-order chi connectivity index (χ1) is 10.5. The van der Waals surface area contributed by atoms with E-state index in [1.807, 2.05) is 51.1 Å². The van der Waals surface area contributed by atoms with E-state index < -0.39 is 0 Å². The maximum Gasteiger partial charge on any atom is 0.221 e. The summed E-state index contributed by atoms with van der Waals surface area (Å²) < 4.78 is 5.15. The lowest BCUT2D eigenvalue weighted by Gasteiger charge is -2.18. The van der Waals surface area contributed by atoms with Gasteiger partial charge < -0.3 is 14.9 Å². The molecule has 0 saturated carbocycles. The zero-order chi connectivity index (χ0) is 16.1. The van der Waals surface area contributed by atoms with Crippen molar-refractivity contribution in [3.05, 3.63) is 52.9 Å². The molecule has 0 aliphatic carbocycles. The second-order valence-electron chi connectivity index (χ2n) is 5.56. The van der Waals surface area contributed by atoms with Gasteiger partial charge in [-0.25, -0.2) is 0 Å². The van der Waals surface area contributed by atoms with Gasteiger partial charge in [0.1, 0.15) is 5.76 Å². The topological polar surface area (TPSA) is 75.4 Å². The molecule has 0 spiro atoms. The van der Waals surface area contributed by atoms with E-state index in [1.54, 1.807) is 0 Å². The fourth-order valence-electron chi connectivity index (χ4n) is 2.75. The number of aryl methyl sites for hydroxylation is 2. The number of carbonyl (C=O) groups is 1. The van der Waals surface area contributed by atoms with Crippen LogP contribution in [-0.2, 0) is 4.79 Å². The summed E-state index contributed by atoms with van der Waals surface area (Å²) in [5.41, 5.74) is 2.69. The van der Waals surface area contributed by atoms with Crippen LogP contribution in [0, 0.1) is 13.8 Å². The summed E-state index contributed by atoms with van der Waals surface area (Å²) in [5.74, 6) is 0.663. The fourth-order valence-corrected chi connectivity index (χ4v) is 2.75. The third kappa shape index (κ3) is 3.74. The Hall–Kier alpha value is -2.14. The molecular formula is C17H22N2O3. The van der Waals surface area contributed by atoms with E-state index in [-0.39, 0.29) is 24.5 Å². The molecule has 2 unspecified atom stereocenters. The van der Waals surface area contributed by atoms with Crippen LogP contribution in [0.3, 0.4) is 0 Å². The maximum absolute atomic E-state index is 12.2. The van der Waals surface area contributed by atoms with E-state index in [0.29, 0.717) is 6.42 Å². The Morgan fingerprint density at radius 3 is 2.55 bits per heavy atom. The van der Waals surface area contributed by atoms with Gasteiger partial charge in [0.15, 0.2) is 0 Å². The van der Waals surface area contributed by atoms with Crippen molar-refractivity contribution < 1.29 is 14.4 Å². The molecule has 2 rings (SSSR count). The van der Waals surface area contributed by atoms with E-state index in [9.17, 15) is 9.90 Å². The molecule has 0 bridgehead atoms. The Labute approximate surface area is 130 Å². The second kappa shape index (κ2) is 7.22. The number of hydrogen-bond acceptors (Lipinski definition) is 4. The average Bonchev–Trinajstić information content (AvgIpc) is 2.84. The largest absolute Gasteiger partial charge is 0.394 e. The third-order valence-corrected chi connectivity index (χ3v) is 3.79. The summed E-state index contributed by atoms with van der Waals surface area (Å²) in [6.45, 7) is 5.57. The highest BCUT2D eigenvalue weighted by molar-refractivity contribution is 5.77. The highest BCUT2D eigenvalue weighted by Gasteiger charge is 2.21. The van der Waals surface area contributed by atoms with Gasteiger partial charge >= 0.3 is 0 Å². The Kier molecular flexibility index (Phi) is 5.33. The maximum atomic E-state index is 12.2. The summed E-state index contributed by atoms with van der Waals surface area (Å²) in [7, 11) is 0. The van der Waals surface area contributed by atoms with Crippen molar-refractivity contribution in [1.29, 1.82) is 0 Å². The summed E-state index contributed by atoms with van der Waals surface area (Å²) in [5, 5.41) is 16.3. The lowest BCUT2D eigenvalue weighted by Crippen LogP contribution is -2.31. The predicted molar refractivity (Wildman–Crippen MR) is 83.4 cm³/mol. The zero-order valence-corrected chi connectivity index (χ0v) is 13.2. The number of rotatable bonds is 6. The molecule has 118 valence electrons.